The number of nitrogens with one attached hydrogen (secondary N) is 2. The van der Waals surface area contributed by atoms with Gasteiger partial charge in [0.15, 0.2) is 0 Å². The van der Waals surface area contributed by atoms with Gasteiger partial charge in [0.1, 0.15) is 25.3 Å². The lowest BCUT2D eigenvalue weighted by atomic mass is 10.0. The summed E-state index contributed by atoms with van der Waals surface area (Å²) in [7, 11) is 0. The van der Waals surface area contributed by atoms with E-state index in [0.29, 0.717) is 19.3 Å². The molecule has 2 atom stereocenters. The number of carbonyl (C=O) groups is 4. The van der Waals surface area contributed by atoms with Crippen LogP contribution in [-0.4, -0.2) is 42.0 Å². The highest BCUT2D eigenvalue weighted by atomic mass is 16.5. The van der Waals surface area contributed by atoms with E-state index in [1.807, 2.05) is 91.0 Å². The number of ether oxygens (including phenoxy) is 2. The molecule has 2 unspecified atom stereocenters. The highest BCUT2D eigenvalue weighted by Crippen LogP contribution is 2.11. The molecule has 0 saturated carbocycles. The van der Waals surface area contributed by atoms with Crippen LogP contribution in [0.4, 0.5) is 0 Å². The van der Waals surface area contributed by atoms with E-state index in [-0.39, 0.29) is 38.1 Å². The average Bonchev–Trinajstić information content (AvgIpc) is 3.11. The fourth-order valence-electron chi connectivity index (χ4n) is 4.80. The topological polar surface area (TPSA) is 145 Å². The van der Waals surface area contributed by atoms with Crippen molar-refractivity contribution >= 4 is 29.9 Å². The van der Waals surface area contributed by atoms with Gasteiger partial charge < -0.3 is 20.1 Å². The highest BCUT2D eigenvalue weighted by molar-refractivity contribution is 5.91. The van der Waals surface area contributed by atoms with Gasteiger partial charge >= 0.3 is 18.1 Å². The van der Waals surface area contributed by atoms with Gasteiger partial charge in [-0.2, -0.15) is 9.59 Å². The Hall–Kier alpha value is -5.08. The quantitative estimate of drug-likeness (QED) is 0.117. The van der Waals surface area contributed by atoms with Gasteiger partial charge in [0.25, 0.3) is 0 Å². The number of aryl methyl sites for hydroxylation is 1. The van der Waals surface area contributed by atoms with Crippen molar-refractivity contribution in [2.75, 3.05) is 0 Å². The Morgan fingerprint density at radius 1 is 0.625 bits per heavy atom. The number of carbonyl (C=O) groups excluding carboxylic acids is 6. The van der Waals surface area contributed by atoms with Gasteiger partial charge in [0.2, 0.25) is 11.8 Å². The molecule has 10 nitrogen and oxygen atoms in total. The molecule has 0 aliphatic rings. The molecule has 256 valence electrons. The second kappa shape index (κ2) is 24.1. The van der Waals surface area contributed by atoms with Gasteiger partial charge in [-0.25, -0.2) is 4.79 Å². The van der Waals surface area contributed by atoms with Crippen LogP contribution in [0.3, 0.4) is 0 Å². The van der Waals surface area contributed by atoms with E-state index in [1.54, 1.807) is 0 Å². The van der Waals surface area contributed by atoms with Crippen LogP contribution in [0, 0.1) is 0 Å². The Bertz CT molecular complexity index is 1390. The summed E-state index contributed by atoms with van der Waals surface area (Å²) in [6.45, 7) is 2.28. The third-order valence-electron chi connectivity index (χ3n) is 7.43. The van der Waals surface area contributed by atoms with Crippen LogP contribution in [0.15, 0.2) is 91.0 Å². The molecule has 0 aliphatic carbocycles. The minimum atomic E-state index is -1.10. The van der Waals surface area contributed by atoms with Crippen molar-refractivity contribution in [3.05, 3.63) is 108 Å². The molecule has 3 aromatic rings. The van der Waals surface area contributed by atoms with E-state index in [0.717, 1.165) is 48.8 Å². The van der Waals surface area contributed by atoms with Gasteiger partial charge in [0, 0.05) is 12.8 Å². The van der Waals surface area contributed by atoms with Crippen molar-refractivity contribution in [2.45, 2.75) is 96.4 Å². The van der Waals surface area contributed by atoms with Crippen molar-refractivity contribution in [1.82, 2.24) is 10.6 Å². The maximum Gasteiger partial charge on any atom is 0.373 e. The molecule has 2 amide bonds. The number of esters is 2. The zero-order chi connectivity index (χ0) is 34.8. The molecule has 2 N–H and O–H groups in total. The van der Waals surface area contributed by atoms with Crippen molar-refractivity contribution in [3.63, 3.8) is 0 Å². The lowest BCUT2D eigenvalue weighted by Gasteiger charge is -2.23. The predicted molar refractivity (Wildman–Crippen MR) is 179 cm³/mol. The molecule has 0 bridgehead atoms. The summed E-state index contributed by atoms with van der Waals surface area (Å²) in [6, 6.07) is 26.3. The largest absolute Gasteiger partial charge is 0.461 e. The highest BCUT2D eigenvalue weighted by Gasteiger charge is 2.28. The molecular formula is C38H46N2O8. The molecule has 0 fully saturated rings. The minimum Gasteiger partial charge on any atom is -0.461 e. The SMILES string of the molecule is CCCCCCCC(=O)NC(CCc1ccccc1)C(=O)NC(CCC(=O)OCc1ccccc1)C(=O)OCc1ccccc1.O=C=O. The Kier molecular flexibility index (Phi) is 19.7. The Labute approximate surface area is 282 Å². The summed E-state index contributed by atoms with van der Waals surface area (Å²) in [5.74, 6) is -1.85. The first-order valence-electron chi connectivity index (χ1n) is 16.4. The lowest BCUT2D eigenvalue weighted by Crippen LogP contribution is -2.52. The van der Waals surface area contributed by atoms with Crippen LogP contribution in [0.5, 0.6) is 0 Å². The molecule has 10 heteroatoms. The van der Waals surface area contributed by atoms with Gasteiger partial charge in [-0.05, 0) is 42.4 Å². The number of hydrogen-bond acceptors (Lipinski definition) is 8. The summed E-state index contributed by atoms with van der Waals surface area (Å²) >= 11 is 0. The predicted octanol–water partition coefficient (Wildman–Crippen LogP) is 5.63. The number of amides is 2. The minimum absolute atomic E-state index is 0.0102. The molecular weight excluding hydrogens is 612 g/mol. The molecule has 0 saturated heterocycles. The maximum absolute atomic E-state index is 13.6. The summed E-state index contributed by atoms with van der Waals surface area (Å²) in [5.41, 5.74) is 2.68. The van der Waals surface area contributed by atoms with Crippen LogP contribution in [0.25, 0.3) is 0 Å². The summed E-state index contributed by atoms with van der Waals surface area (Å²) in [5, 5.41) is 5.66. The number of hydrogen-bond donors (Lipinski definition) is 2. The third-order valence-corrected chi connectivity index (χ3v) is 7.43. The molecule has 48 heavy (non-hydrogen) atoms. The Balaban J connectivity index is 0.00000257. The molecule has 0 aromatic heterocycles. The molecule has 3 rings (SSSR count). The van der Waals surface area contributed by atoms with Gasteiger partial charge in [-0.1, -0.05) is 124 Å². The second-order valence-corrected chi connectivity index (χ2v) is 11.2. The fraction of sp³-hybridized carbons (Fsp3) is 0.395. The van der Waals surface area contributed by atoms with Crippen LogP contribution in [-0.2, 0) is 57.9 Å². The van der Waals surface area contributed by atoms with Crippen LogP contribution < -0.4 is 10.6 Å². The van der Waals surface area contributed by atoms with Gasteiger partial charge in [-0.15, -0.1) is 0 Å². The fourth-order valence-corrected chi connectivity index (χ4v) is 4.80. The van der Waals surface area contributed by atoms with E-state index in [4.69, 9.17) is 19.1 Å². The molecule has 3 aromatic carbocycles. The summed E-state index contributed by atoms with van der Waals surface area (Å²) in [6.07, 6.45) is 6.40. The Morgan fingerprint density at radius 3 is 1.71 bits per heavy atom. The van der Waals surface area contributed by atoms with Crippen LogP contribution in [0.2, 0.25) is 0 Å². The van der Waals surface area contributed by atoms with E-state index in [9.17, 15) is 19.2 Å². The summed E-state index contributed by atoms with van der Waals surface area (Å²) < 4.78 is 10.9. The van der Waals surface area contributed by atoms with E-state index in [2.05, 4.69) is 17.6 Å². The second-order valence-electron chi connectivity index (χ2n) is 11.2. The maximum atomic E-state index is 13.6. The first-order valence-corrected chi connectivity index (χ1v) is 16.4. The molecule has 0 spiro atoms. The average molecular weight is 659 g/mol. The lowest BCUT2D eigenvalue weighted by molar-refractivity contribution is -0.191. The third kappa shape index (κ3) is 17.0. The molecule has 0 aliphatic heterocycles. The van der Waals surface area contributed by atoms with E-state index < -0.39 is 29.9 Å². The summed E-state index contributed by atoms with van der Waals surface area (Å²) in [4.78, 5) is 68.5. The van der Waals surface area contributed by atoms with Crippen molar-refractivity contribution in [3.8, 4) is 0 Å². The van der Waals surface area contributed by atoms with Gasteiger partial charge in [-0.3, -0.25) is 14.4 Å². The van der Waals surface area contributed by atoms with Crippen molar-refractivity contribution in [1.29, 1.82) is 0 Å². The van der Waals surface area contributed by atoms with E-state index in [1.165, 1.54) is 0 Å². The molecule has 0 heterocycles. The van der Waals surface area contributed by atoms with Crippen LogP contribution in [0.1, 0.15) is 81.4 Å². The first kappa shape index (κ1) is 39.1. The zero-order valence-electron chi connectivity index (χ0n) is 27.6. The normalized spacial score (nSPS) is 11.4. The smallest absolute Gasteiger partial charge is 0.373 e. The standard InChI is InChI=1S/C37H46N2O6.CO2/c1-2-3-4-5-15-22-34(40)38-32(24-23-29-16-9-6-10-17-29)36(42)39-33(37(43)45-28-31-20-13-8-14-21-31)25-26-35(41)44-27-30-18-11-7-12-19-30;2-1-3/h6-14,16-21,32-33H,2-5,15,22-28H2,1H3,(H,38,40)(H,39,42);. The number of unbranched alkanes of at least 4 members (excludes halogenated alkanes) is 4. The number of rotatable bonds is 20. The number of benzene rings is 3. The van der Waals surface area contributed by atoms with Gasteiger partial charge in [0.05, 0.1) is 0 Å². The monoisotopic (exact) mass is 658 g/mol. The Morgan fingerprint density at radius 2 is 1.15 bits per heavy atom. The molecule has 0 radical (unpaired) electrons. The first-order chi connectivity index (χ1) is 23.4. The van der Waals surface area contributed by atoms with Crippen molar-refractivity contribution in [2.24, 2.45) is 0 Å². The van der Waals surface area contributed by atoms with Crippen LogP contribution >= 0.6 is 0 Å². The zero-order valence-corrected chi connectivity index (χ0v) is 27.6. The van der Waals surface area contributed by atoms with Crippen molar-refractivity contribution < 1.29 is 38.2 Å². The van der Waals surface area contributed by atoms with E-state index >= 15 is 0 Å².